The first kappa shape index (κ1) is 10.1. The summed E-state index contributed by atoms with van der Waals surface area (Å²) >= 11 is 0. The Morgan fingerprint density at radius 3 is 3.07 bits per heavy atom. The quantitative estimate of drug-likeness (QED) is 0.663. The number of carbonyl (C=O) groups excluding carboxylic acids is 1. The molecule has 0 amide bonds. The number of piperidine rings is 1. The Morgan fingerprint density at radius 1 is 1.57 bits per heavy atom. The number of hydrogen-bond donors (Lipinski definition) is 0. The maximum atomic E-state index is 11.3. The lowest BCUT2D eigenvalue weighted by Gasteiger charge is -2.31. The van der Waals surface area contributed by atoms with E-state index in [0.29, 0.717) is 11.9 Å². The van der Waals surface area contributed by atoms with Crippen LogP contribution in [0.2, 0.25) is 0 Å². The van der Waals surface area contributed by atoms with Crippen molar-refractivity contribution < 1.29 is 9.53 Å². The molecule has 0 radical (unpaired) electrons. The number of ketones is 1. The van der Waals surface area contributed by atoms with Crippen LogP contribution in [0.3, 0.4) is 0 Å². The lowest BCUT2D eigenvalue weighted by Crippen LogP contribution is -2.43. The molecular weight excluding hydrogens is 178 g/mol. The van der Waals surface area contributed by atoms with Gasteiger partial charge in [-0.3, -0.25) is 9.69 Å². The van der Waals surface area contributed by atoms with E-state index in [1.807, 2.05) is 6.92 Å². The van der Waals surface area contributed by atoms with Gasteiger partial charge in [0.1, 0.15) is 5.78 Å². The zero-order chi connectivity index (χ0) is 9.97. The van der Waals surface area contributed by atoms with E-state index in [-0.39, 0.29) is 5.92 Å². The van der Waals surface area contributed by atoms with Crippen molar-refractivity contribution in [2.75, 3.05) is 26.2 Å². The molecule has 2 rings (SSSR count). The maximum Gasteiger partial charge on any atom is 0.138 e. The van der Waals surface area contributed by atoms with E-state index < -0.39 is 0 Å². The van der Waals surface area contributed by atoms with Gasteiger partial charge in [0.2, 0.25) is 0 Å². The topological polar surface area (TPSA) is 29.5 Å². The minimum absolute atomic E-state index is 0.227. The minimum Gasteiger partial charge on any atom is -0.377 e. The predicted molar refractivity (Wildman–Crippen MR) is 54.2 cm³/mol. The second kappa shape index (κ2) is 4.41. The van der Waals surface area contributed by atoms with Crippen LogP contribution >= 0.6 is 0 Å². The zero-order valence-electron chi connectivity index (χ0n) is 8.87. The van der Waals surface area contributed by atoms with Gasteiger partial charge >= 0.3 is 0 Å². The molecule has 2 heterocycles. The van der Waals surface area contributed by atoms with E-state index in [0.717, 1.165) is 32.7 Å². The Morgan fingerprint density at radius 2 is 2.43 bits per heavy atom. The van der Waals surface area contributed by atoms with Crippen molar-refractivity contribution in [3.8, 4) is 0 Å². The highest BCUT2D eigenvalue weighted by Crippen LogP contribution is 2.17. The fourth-order valence-electron chi connectivity index (χ4n) is 2.34. The van der Waals surface area contributed by atoms with Crippen LogP contribution in [0.5, 0.6) is 0 Å². The van der Waals surface area contributed by atoms with Crippen molar-refractivity contribution in [3.63, 3.8) is 0 Å². The van der Waals surface area contributed by atoms with Crippen LogP contribution in [-0.2, 0) is 9.53 Å². The van der Waals surface area contributed by atoms with Crippen molar-refractivity contribution in [1.82, 2.24) is 4.90 Å². The van der Waals surface area contributed by atoms with Crippen LogP contribution in [0.15, 0.2) is 0 Å². The van der Waals surface area contributed by atoms with Crippen molar-refractivity contribution in [2.24, 2.45) is 5.92 Å². The molecule has 14 heavy (non-hydrogen) atoms. The van der Waals surface area contributed by atoms with Crippen LogP contribution in [0.1, 0.15) is 26.2 Å². The van der Waals surface area contributed by atoms with Crippen LogP contribution in [0.4, 0.5) is 0 Å². The Hall–Kier alpha value is -0.410. The second-order valence-electron chi connectivity index (χ2n) is 4.51. The summed E-state index contributed by atoms with van der Waals surface area (Å²) in [5.41, 5.74) is 0. The van der Waals surface area contributed by atoms with Gasteiger partial charge in [0, 0.05) is 38.6 Å². The zero-order valence-corrected chi connectivity index (χ0v) is 8.87. The highest BCUT2D eigenvalue weighted by Gasteiger charge is 2.26. The molecule has 0 aromatic rings. The Kier molecular flexibility index (Phi) is 3.19. The summed E-state index contributed by atoms with van der Waals surface area (Å²) in [7, 11) is 0. The molecule has 0 spiro atoms. The second-order valence-corrected chi connectivity index (χ2v) is 4.51. The fraction of sp³-hybridized carbons (Fsp3) is 0.909. The normalized spacial score (nSPS) is 35.1. The van der Waals surface area contributed by atoms with Crippen LogP contribution in [-0.4, -0.2) is 43.0 Å². The van der Waals surface area contributed by atoms with Crippen LogP contribution < -0.4 is 0 Å². The molecule has 0 aliphatic carbocycles. The minimum atomic E-state index is 0.227. The summed E-state index contributed by atoms with van der Waals surface area (Å²) in [4.78, 5) is 13.7. The molecular formula is C11H19NO2. The number of nitrogens with zero attached hydrogens (tertiary/aromatic N) is 1. The molecule has 2 aliphatic rings. The number of likely N-dealkylation sites (tertiary alicyclic amines) is 1. The molecule has 0 N–H and O–H groups in total. The average Bonchev–Trinajstić information content (AvgIpc) is 2.64. The van der Waals surface area contributed by atoms with E-state index in [2.05, 4.69) is 4.90 Å². The molecule has 2 saturated heterocycles. The number of rotatable bonds is 2. The third kappa shape index (κ3) is 2.34. The summed E-state index contributed by atoms with van der Waals surface area (Å²) in [6.45, 7) is 5.84. The molecule has 0 aromatic heterocycles. The van der Waals surface area contributed by atoms with Gasteiger partial charge in [-0.2, -0.15) is 0 Å². The molecule has 2 atom stereocenters. The van der Waals surface area contributed by atoms with Crippen LogP contribution in [0, 0.1) is 5.92 Å². The van der Waals surface area contributed by atoms with E-state index in [9.17, 15) is 4.79 Å². The Balaban J connectivity index is 1.78. The smallest absolute Gasteiger partial charge is 0.138 e. The van der Waals surface area contributed by atoms with E-state index in [1.165, 1.54) is 12.8 Å². The SMILES string of the molecule is CC1CN(CC2CCCO2)CCC1=O. The molecule has 2 aliphatic heterocycles. The summed E-state index contributed by atoms with van der Waals surface area (Å²) in [6, 6.07) is 0. The first-order valence-electron chi connectivity index (χ1n) is 5.62. The van der Waals surface area contributed by atoms with Gasteiger partial charge in [-0.15, -0.1) is 0 Å². The molecule has 3 nitrogen and oxygen atoms in total. The first-order chi connectivity index (χ1) is 6.75. The highest BCUT2D eigenvalue weighted by molar-refractivity contribution is 5.81. The summed E-state index contributed by atoms with van der Waals surface area (Å²) < 4.78 is 5.59. The highest BCUT2D eigenvalue weighted by atomic mass is 16.5. The molecule has 0 bridgehead atoms. The van der Waals surface area contributed by atoms with Gasteiger partial charge in [-0.05, 0) is 12.8 Å². The molecule has 2 unspecified atom stereocenters. The molecule has 3 heteroatoms. The lowest BCUT2D eigenvalue weighted by molar-refractivity contribution is -0.126. The first-order valence-corrected chi connectivity index (χ1v) is 5.62. The van der Waals surface area contributed by atoms with Gasteiger partial charge in [-0.1, -0.05) is 6.92 Å². The lowest BCUT2D eigenvalue weighted by atomic mass is 9.98. The van der Waals surface area contributed by atoms with E-state index >= 15 is 0 Å². The number of carbonyl (C=O) groups is 1. The predicted octanol–water partition coefficient (Wildman–Crippen LogP) is 1.08. The van der Waals surface area contributed by atoms with Crippen LogP contribution in [0.25, 0.3) is 0 Å². The summed E-state index contributed by atoms with van der Waals surface area (Å²) in [5, 5.41) is 0. The van der Waals surface area contributed by atoms with E-state index in [4.69, 9.17) is 4.74 Å². The van der Waals surface area contributed by atoms with Gasteiger partial charge in [0.25, 0.3) is 0 Å². The number of ether oxygens (including phenoxy) is 1. The third-order valence-electron chi connectivity index (χ3n) is 3.24. The van der Waals surface area contributed by atoms with Crippen molar-refractivity contribution in [3.05, 3.63) is 0 Å². The Bertz CT molecular complexity index is 211. The Labute approximate surface area is 85.4 Å². The number of hydrogen-bond acceptors (Lipinski definition) is 3. The third-order valence-corrected chi connectivity index (χ3v) is 3.24. The summed E-state index contributed by atoms with van der Waals surface area (Å²) in [6.07, 6.45) is 3.55. The largest absolute Gasteiger partial charge is 0.377 e. The van der Waals surface area contributed by atoms with Gasteiger partial charge in [0.15, 0.2) is 0 Å². The molecule has 2 fully saturated rings. The van der Waals surface area contributed by atoms with Crippen molar-refractivity contribution in [1.29, 1.82) is 0 Å². The van der Waals surface area contributed by atoms with Gasteiger partial charge < -0.3 is 4.74 Å². The summed E-state index contributed by atoms with van der Waals surface area (Å²) in [5.74, 6) is 0.652. The molecule has 0 saturated carbocycles. The molecule has 0 aromatic carbocycles. The monoisotopic (exact) mass is 197 g/mol. The van der Waals surface area contributed by atoms with Gasteiger partial charge in [0.05, 0.1) is 6.10 Å². The van der Waals surface area contributed by atoms with E-state index in [1.54, 1.807) is 0 Å². The fourth-order valence-corrected chi connectivity index (χ4v) is 2.34. The molecule has 80 valence electrons. The number of Topliss-reactive ketones (excluding diaryl/α,β-unsaturated/α-hetero) is 1. The maximum absolute atomic E-state index is 11.3. The van der Waals surface area contributed by atoms with Crippen molar-refractivity contribution in [2.45, 2.75) is 32.3 Å². The standard InChI is InChI=1S/C11H19NO2/c1-9-7-12(5-4-11(9)13)8-10-3-2-6-14-10/h9-10H,2-8H2,1H3. The van der Waals surface area contributed by atoms with Crippen molar-refractivity contribution >= 4 is 5.78 Å². The van der Waals surface area contributed by atoms with Gasteiger partial charge in [-0.25, -0.2) is 0 Å². The average molecular weight is 197 g/mol.